The molecule has 1 aromatic rings. The molecule has 1 aliphatic heterocycles. The van der Waals surface area contributed by atoms with Crippen LogP contribution in [-0.4, -0.2) is 39.5 Å². The second kappa shape index (κ2) is 5.24. The molecular formula is C11H10BrClN2O3. The van der Waals surface area contributed by atoms with E-state index >= 15 is 0 Å². The van der Waals surface area contributed by atoms with E-state index in [0.717, 1.165) is 0 Å². The summed E-state index contributed by atoms with van der Waals surface area (Å²) in [6.07, 6.45) is 2.64. The summed E-state index contributed by atoms with van der Waals surface area (Å²) in [5, 5.41) is 9.13. The number of aromatic nitrogens is 1. The van der Waals surface area contributed by atoms with Crippen LogP contribution in [0.4, 0.5) is 0 Å². The molecule has 0 aromatic carbocycles. The standard InChI is InChI=1S/C11H10BrClN2O3/c12-6-4-7(9(13)14-5-6)10(16)15-3-1-2-8(15)11(17)18/h4-5,8H,1-3H2,(H,17,18)/t8-/m0/s1. The molecule has 5 nitrogen and oxygen atoms in total. The maximum atomic E-state index is 12.3. The number of aliphatic carboxylic acids is 1. The van der Waals surface area contributed by atoms with Crippen molar-refractivity contribution in [2.45, 2.75) is 18.9 Å². The Hall–Kier alpha value is -1.14. The second-order valence-corrected chi connectivity index (χ2v) is 5.26. The summed E-state index contributed by atoms with van der Waals surface area (Å²) in [5.41, 5.74) is 0.221. The number of carboxylic acid groups (broad SMARTS) is 1. The Morgan fingerprint density at radius 3 is 2.94 bits per heavy atom. The Labute approximate surface area is 117 Å². The lowest BCUT2D eigenvalue weighted by atomic mass is 10.2. The summed E-state index contributed by atoms with van der Waals surface area (Å²) in [6.45, 7) is 0.429. The first kappa shape index (κ1) is 13.3. The number of hydrogen-bond donors (Lipinski definition) is 1. The summed E-state index contributed by atoms with van der Waals surface area (Å²) in [5.74, 6) is -1.38. The SMILES string of the molecule is O=C(O)[C@@H]1CCCN1C(=O)c1cc(Br)cnc1Cl. The van der Waals surface area contributed by atoms with Gasteiger partial charge in [-0.3, -0.25) is 4.79 Å². The van der Waals surface area contributed by atoms with E-state index < -0.39 is 17.9 Å². The van der Waals surface area contributed by atoms with Gasteiger partial charge in [-0.1, -0.05) is 11.6 Å². The summed E-state index contributed by atoms with van der Waals surface area (Å²) >= 11 is 9.08. The molecule has 1 saturated heterocycles. The molecule has 0 bridgehead atoms. The van der Waals surface area contributed by atoms with E-state index in [-0.39, 0.29) is 10.7 Å². The van der Waals surface area contributed by atoms with Crippen molar-refractivity contribution in [2.75, 3.05) is 6.54 Å². The molecule has 1 N–H and O–H groups in total. The minimum Gasteiger partial charge on any atom is -0.480 e. The molecule has 0 unspecified atom stereocenters. The van der Waals surface area contributed by atoms with Crippen LogP contribution in [-0.2, 0) is 4.79 Å². The minimum absolute atomic E-state index is 0.0826. The zero-order valence-electron chi connectivity index (χ0n) is 9.27. The van der Waals surface area contributed by atoms with E-state index in [1.54, 1.807) is 6.07 Å². The van der Waals surface area contributed by atoms with Crippen molar-refractivity contribution < 1.29 is 14.7 Å². The van der Waals surface area contributed by atoms with Crippen LogP contribution < -0.4 is 0 Å². The first-order valence-electron chi connectivity index (χ1n) is 5.35. The second-order valence-electron chi connectivity index (χ2n) is 3.99. The molecule has 0 saturated carbocycles. The van der Waals surface area contributed by atoms with Crippen molar-refractivity contribution in [1.29, 1.82) is 0 Å². The van der Waals surface area contributed by atoms with Gasteiger partial charge in [0.05, 0.1) is 5.56 Å². The fourth-order valence-corrected chi connectivity index (χ4v) is 2.51. The fourth-order valence-electron chi connectivity index (χ4n) is 1.99. The molecule has 18 heavy (non-hydrogen) atoms. The quantitative estimate of drug-likeness (QED) is 0.842. The van der Waals surface area contributed by atoms with Crippen molar-refractivity contribution in [2.24, 2.45) is 0 Å². The van der Waals surface area contributed by atoms with Crippen LogP contribution in [0.1, 0.15) is 23.2 Å². The van der Waals surface area contributed by atoms with E-state index in [0.29, 0.717) is 23.9 Å². The normalized spacial score (nSPS) is 19.0. The summed E-state index contributed by atoms with van der Waals surface area (Å²) in [4.78, 5) is 28.5. The molecule has 1 atom stereocenters. The maximum Gasteiger partial charge on any atom is 0.326 e. The number of hydrogen-bond acceptors (Lipinski definition) is 3. The zero-order chi connectivity index (χ0) is 13.3. The van der Waals surface area contributed by atoms with Gasteiger partial charge in [-0.2, -0.15) is 0 Å². The van der Waals surface area contributed by atoms with Gasteiger partial charge in [0, 0.05) is 17.2 Å². The average molecular weight is 334 g/mol. The van der Waals surface area contributed by atoms with E-state index in [9.17, 15) is 9.59 Å². The van der Waals surface area contributed by atoms with Gasteiger partial charge < -0.3 is 10.0 Å². The number of carbonyl (C=O) groups is 2. The molecule has 2 rings (SSSR count). The van der Waals surface area contributed by atoms with E-state index in [1.165, 1.54) is 11.1 Å². The van der Waals surface area contributed by atoms with Gasteiger partial charge >= 0.3 is 5.97 Å². The summed E-state index contributed by atoms with van der Waals surface area (Å²) in [6, 6.07) is 0.780. The number of carboxylic acids is 1. The molecule has 1 aromatic heterocycles. The molecule has 1 aliphatic rings. The van der Waals surface area contributed by atoms with Gasteiger partial charge in [-0.25, -0.2) is 9.78 Å². The fraction of sp³-hybridized carbons (Fsp3) is 0.364. The highest BCUT2D eigenvalue weighted by Gasteiger charge is 2.35. The van der Waals surface area contributed by atoms with Crippen molar-refractivity contribution in [3.8, 4) is 0 Å². The summed E-state index contributed by atoms with van der Waals surface area (Å²) < 4.78 is 0.626. The Morgan fingerprint density at radius 1 is 1.56 bits per heavy atom. The number of nitrogens with zero attached hydrogens (tertiary/aromatic N) is 2. The number of carbonyl (C=O) groups excluding carboxylic acids is 1. The third-order valence-corrected chi connectivity index (χ3v) is 3.57. The third-order valence-electron chi connectivity index (χ3n) is 2.83. The molecule has 0 spiro atoms. The smallest absolute Gasteiger partial charge is 0.326 e. The van der Waals surface area contributed by atoms with Gasteiger partial charge in [0.25, 0.3) is 5.91 Å². The van der Waals surface area contributed by atoms with Crippen LogP contribution >= 0.6 is 27.5 Å². The molecular weight excluding hydrogens is 323 g/mol. The van der Waals surface area contributed by atoms with Crippen LogP contribution in [0.2, 0.25) is 5.15 Å². The minimum atomic E-state index is -0.986. The molecule has 7 heteroatoms. The molecule has 0 aliphatic carbocycles. The number of pyridine rings is 1. The van der Waals surface area contributed by atoms with E-state index in [1.807, 2.05) is 0 Å². The third kappa shape index (κ3) is 2.49. The van der Waals surface area contributed by atoms with Crippen LogP contribution in [0.5, 0.6) is 0 Å². The molecule has 96 valence electrons. The number of halogens is 2. The number of amides is 1. The van der Waals surface area contributed by atoms with E-state index in [2.05, 4.69) is 20.9 Å². The summed E-state index contributed by atoms with van der Waals surface area (Å²) in [7, 11) is 0. The van der Waals surface area contributed by atoms with Crippen LogP contribution in [0.3, 0.4) is 0 Å². The van der Waals surface area contributed by atoms with Gasteiger partial charge in [-0.15, -0.1) is 0 Å². The van der Waals surface area contributed by atoms with E-state index in [4.69, 9.17) is 16.7 Å². The van der Waals surface area contributed by atoms with Crippen molar-refractivity contribution in [1.82, 2.24) is 9.88 Å². The van der Waals surface area contributed by atoms with Crippen LogP contribution in [0, 0.1) is 0 Å². The van der Waals surface area contributed by atoms with Crippen molar-refractivity contribution >= 4 is 39.4 Å². The topological polar surface area (TPSA) is 70.5 Å². The first-order valence-corrected chi connectivity index (χ1v) is 6.52. The highest BCUT2D eigenvalue weighted by Crippen LogP contribution is 2.24. The Kier molecular flexibility index (Phi) is 3.87. The lowest BCUT2D eigenvalue weighted by Crippen LogP contribution is -2.40. The monoisotopic (exact) mass is 332 g/mol. The Morgan fingerprint density at radius 2 is 2.28 bits per heavy atom. The lowest BCUT2D eigenvalue weighted by molar-refractivity contribution is -0.141. The van der Waals surface area contributed by atoms with Gasteiger partial charge in [-0.05, 0) is 34.8 Å². The van der Waals surface area contributed by atoms with Gasteiger partial charge in [0.15, 0.2) is 0 Å². The predicted octanol–water partition coefficient (Wildman–Crippen LogP) is 2.19. The van der Waals surface area contributed by atoms with Crippen molar-refractivity contribution in [3.05, 3.63) is 27.5 Å². The number of rotatable bonds is 2. The maximum absolute atomic E-state index is 12.3. The molecule has 1 fully saturated rings. The highest BCUT2D eigenvalue weighted by molar-refractivity contribution is 9.10. The largest absolute Gasteiger partial charge is 0.480 e. The van der Waals surface area contributed by atoms with Gasteiger partial charge in [0.2, 0.25) is 0 Å². The lowest BCUT2D eigenvalue weighted by Gasteiger charge is -2.21. The molecule has 0 radical (unpaired) electrons. The average Bonchev–Trinajstić information content (AvgIpc) is 2.80. The van der Waals surface area contributed by atoms with Crippen molar-refractivity contribution in [3.63, 3.8) is 0 Å². The Balaban J connectivity index is 2.31. The number of likely N-dealkylation sites (tertiary alicyclic amines) is 1. The zero-order valence-corrected chi connectivity index (χ0v) is 11.6. The van der Waals surface area contributed by atoms with Crippen LogP contribution in [0.25, 0.3) is 0 Å². The molecule has 2 heterocycles. The van der Waals surface area contributed by atoms with Crippen LogP contribution in [0.15, 0.2) is 16.7 Å². The highest BCUT2D eigenvalue weighted by atomic mass is 79.9. The first-order chi connectivity index (χ1) is 8.50. The Bertz CT molecular complexity index is 509. The predicted molar refractivity (Wildman–Crippen MR) is 68.6 cm³/mol. The van der Waals surface area contributed by atoms with Gasteiger partial charge in [0.1, 0.15) is 11.2 Å². The molecule has 1 amide bonds.